The number of benzene rings is 2. The molecule has 0 bridgehead atoms. The van der Waals surface area contributed by atoms with E-state index in [4.69, 9.17) is 4.42 Å². The Bertz CT molecular complexity index is 1060. The Morgan fingerprint density at radius 2 is 1.55 bits per heavy atom. The maximum absolute atomic E-state index is 13.5. The van der Waals surface area contributed by atoms with Crippen molar-refractivity contribution in [3.63, 3.8) is 0 Å². The summed E-state index contributed by atoms with van der Waals surface area (Å²) in [6.07, 6.45) is -3.71. The average Bonchev–Trinajstić information content (AvgIpc) is 3.09. The molecule has 2 aromatic carbocycles. The van der Waals surface area contributed by atoms with Crippen molar-refractivity contribution < 1.29 is 31.6 Å². The molecule has 1 aromatic heterocycles. The van der Waals surface area contributed by atoms with Crippen LogP contribution in [0.5, 0.6) is 0 Å². The maximum Gasteiger partial charge on any atom is 0.418 e. The van der Waals surface area contributed by atoms with Crippen LogP contribution in [0.1, 0.15) is 26.3 Å². The Kier molecular flexibility index (Phi) is 5.73. The summed E-state index contributed by atoms with van der Waals surface area (Å²) in [7, 11) is 0. The Morgan fingerprint density at radius 3 is 2.14 bits per heavy atom. The van der Waals surface area contributed by atoms with Gasteiger partial charge in [-0.05, 0) is 58.4 Å². The Morgan fingerprint density at radius 1 is 0.897 bits per heavy atom. The number of halogens is 5. The molecule has 150 valence electrons. The van der Waals surface area contributed by atoms with Gasteiger partial charge in [0.05, 0.1) is 16.8 Å². The second-order valence-electron chi connectivity index (χ2n) is 5.81. The van der Waals surface area contributed by atoms with Gasteiger partial charge in [-0.2, -0.15) is 13.2 Å². The number of anilines is 2. The standard InChI is InChI=1S/C19H11BrF4N2O3/c20-16-7-11(9-29-16)18(28)26-15-6-5-13(8-14(15)19(22,23)24)25-17(27)10-1-3-12(21)4-2-10/h1-9H,(H,25,27)(H,26,28). The molecule has 0 aliphatic carbocycles. The van der Waals surface area contributed by atoms with E-state index in [-0.39, 0.29) is 21.5 Å². The largest absolute Gasteiger partial charge is 0.457 e. The number of amides is 2. The van der Waals surface area contributed by atoms with E-state index in [1.807, 2.05) is 0 Å². The molecule has 0 fully saturated rings. The van der Waals surface area contributed by atoms with E-state index in [0.717, 1.165) is 24.5 Å². The van der Waals surface area contributed by atoms with E-state index in [9.17, 15) is 27.2 Å². The molecule has 3 aromatic rings. The summed E-state index contributed by atoms with van der Waals surface area (Å²) in [6.45, 7) is 0. The number of hydrogen-bond donors (Lipinski definition) is 2. The third-order valence-electron chi connectivity index (χ3n) is 3.77. The summed E-state index contributed by atoms with van der Waals surface area (Å²) in [5.41, 5.74) is -1.68. The number of carbonyl (C=O) groups excluding carboxylic acids is 2. The van der Waals surface area contributed by atoms with Crippen LogP contribution in [-0.2, 0) is 6.18 Å². The highest BCUT2D eigenvalue weighted by Crippen LogP contribution is 2.37. The lowest BCUT2D eigenvalue weighted by Crippen LogP contribution is -2.17. The van der Waals surface area contributed by atoms with E-state index in [1.165, 1.54) is 24.3 Å². The predicted octanol–water partition coefficient (Wildman–Crippen LogP) is 5.70. The van der Waals surface area contributed by atoms with Gasteiger partial charge in [-0.3, -0.25) is 9.59 Å². The van der Waals surface area contributed by atoms with Gasteiger partial charge in [0.1, 0.15) is 12.1 Å². The Labute approximate surface area is 169 Å². The summed E-state index contributed by atoms with van der Waals surface area (Å²) in [4.78, 5) is 24.3. The second kappa shape index (κ2) is 8.08. The molecule has 0 spiro atoms. The molecule has 10 heteroatoms. The van der Waals surface area contributed by atoms with Crippen molar-refractivity contribution in [1.29, 1.82) is 0 Å². The van der Waals surface area contributed by atoms with Crippen LogP contribution in [-0.4, -0.2) is 11.8 Å². The highest BCUT2D eigenvalue weighted by atomic mass is 79.9. The molecule has 0 radical (unpaired) electrons. The molecule has 0 aliphatic rings. The normalized spacial score (nSPS) is 11.2. The summed E-state index contributed by atoms with van der Waals surface area (Å²) >= 11 is 3.00. The van der Waals surface area contributed by atoms with Crippen LogP contribution in [0, 0.1) is 5.82 Å². The molecular formula is C19H11BrF4N2O3. The third kappa shape index (κ3) is 5.02. The first kappa shape index (κ1) is 20.6. The lowest BCUT2D eigenvalue weighted by molar-refractivity contribution is -0.136. The topological polar surface area (TPSA) is 71.3 Å². The van der Waals surface area contributed by atoms with Crippen LogP contribution in [0.3, 0.4) is 0 Å². The Hall–Kier alpha value is -3.14. The number of furan rings is 1. The summed E-state index contributed by atoms with van der Waals surface area (Å²) in [5.74, 6) is -2.06. The van der Waals surface area contributed by atoms with Crippen LogP contribution in [0.25, 0.3) is 0 Å². The first-order valence-corrected chi connectivity index (χ1v) is 8.76. The molecule has 0 aliphatic heterocycles. The molecule has 0 saturated heterocycles. The maximum atomic E-state index is 13.5. The van der Waals surface area contributed by atoms with Crippen LogP contribution < -0.4 is 10.6 Å². The van der Waals surface area contributed by atoms with Crippen LogP contribution in [0.15, 0.2) is 63.9 Å². The lowest BCUT2D eigenvalue weighted by Gasteiger charge is -2.15. The van der Waals surface area contributed by atoms with Gasteiger partial charge in [0.2, 0.25) is 0 Å². The highest BCUT2D eigenvalue weighted by Gasteiger charge is 2.34. The molecule has 3 rings (SSSR count). The fourth-order valence-corrected chi connectivity index (χ4v) is 2.73. The zero-order valence-electron chi connectivity index (χ0n) is 14.3. The van der Waals surface area contributed by atoms with Gasteiger partial charge in [-0.25, -0.2) is 4.39 Å². The van der Waals surface area contributed by atoms with Crippen LogP contribution >= 0.6 is 15.9 Å². The van der Waals surface area contributed by atoms with Crippen molar-refractivity contribution >= 4 is 39.1 Å². The monoisotopic (exact) mass is 470 g/mol. The molecule has 0 unspecified atom stereocenters. The number of nitrogens with one attached hydrogen (secondary N) is 2. The fraction of sp³-hybridized carbons (Fsp3) is 0.0526. The van der Waals surface area contributed by atoms with E-state index in [0.29, 0.717) is 6.07 Å². The smallest absolute Gasteiger partial charge is 0.418 e. The molecule has 1 heterocycles. The van der Waals surface area contributed by atoms with Gasteiger partial charge < -0.3 is 15.1 Å². The number of alkyl halides is 3. The number of rotatable bonds is 4. The van der Waals surface area contributed by atoms with Crippen molar-refractivity contribution in [1.82, 2.24) is 0 Å². The predicted molar refractivity (Wildman–Crippen MR) is 100 cm³/mol. The van der Waals surface area contributed by atoms with Gasteiger partial charge in [0, 0.05) is 17.3 Å². The number of carbonyl (C=O) groups is 2. The van der Waals surface area contributed by atoms with Crippen molar-refractivity contribution in [3.05, 3.63) is 82.0 Å². The van der Waals surface area contributed by atoms with Gasteiger partial charge in [0.15, 0.2) is 4.67 Å². The minimum atomic E-state index is -4.80. The lowest BCUT2D eigenvalue weighted by atomic mass is 10.1. The second-order valence-corrected chi connectivity index (χ2v) is 6.59. The van der Waals surface area contributed by atoms with E-state index >= 15 is 0 Å². The molecular weight excluding hydrogens is 460 g/mol. The average molecular weight is 471 g/mol. The highest BCUT2D eigenvalue weighted by molar-refractivity contribution is 9.10. The molecule has 2 N–H and O–H groups in total. The minimum absolute atomic E-state index is 0.0266. The third-order valence-corrected chi connectivity index (χ3v) is 4.18. The molecule has 0 saturated carbocycles. The molecule has 2 amide bonds. The molecule has 5 nitrogen and oxygen atoms in total. The Balaban J connectivity index is 1.85. The van der Waals surface area contributed by atoms with Gasteiger partial charge in [-0.1, -0.05) is 0 Å². The van der Waals surface area contributed by atoms with E-state index in [2.05, 4.69) is 26.6 Å². The van der Waals surface area contributed by atoms with Crippen molar-refractivity contribution in [3.8, 4) is 0 Å². The molecule has 0 atom stereocenters. The quantitative estimate of drug-likeness (QED) is 0.480. The summed E-state index contributed by atoms with van der Waals surface area (Å²) < 4.78 is 58.5. The van der Waals surface area contributed by atoms with Crippen molar-refractivity contribution in [2.24, 2.45) is 0 Å². The summed E-state index contributed by atoms with van der Waals surface area (Å²) in [6, 6.07) is 8.75. The first-order chi connectivity index (χ1) is 13.6. The van der Waals surface area contributed by atoms with Crippen LogP contribution in [0.2, 0.25) is 0 Å². The fourth-order valence-electron chi connectivity index (χ4n) is 2.39. The zero-order chi connectivity index (χ0) is 21.2. The van der Waals surface area contributed by atoms with E-state index < -0.39 is 35.1 Å². The van der Waals surface area contributed by atoms with Gasteiger partial charge >= 0.3 is 6.18 Å². The first-order valence-electron chi connectivity index (χ1n) is 7.97. The van der Waals surface area contributed by atoms with Crippen LogP contribution in [0.4, 0.5) is 28.9 Å². The van der Waals surface area contributed by atoms with Gasteiger partial charge in [-0.15, -0.1) is 0 Å². The SMILES string of the molecule is O=C(Nc1ccc(NC(=O)c2coc(Br)c2)c(C(F)(F)F)c1)c1ccc(F)cc1. The number of hydrogen-bond acceptors (Lipinski definition) is 3. The summed E-state index contributed by atoms with van der Waals surface area (Å²) in [5, 5.41) is 4.48. The van der Waals surface area contributed by atoms with Crippen molar-refractivity contribution in [2.45, 2.75) is 6.18 Å². The molecule has 29 heavy (non-hydrogen) atoms. The zero-order valence-corrected chi connectivity index (χ0v) is 15.9. The van der Waals surface area contributed by atoms with Crippen molar-refractivity contribution in [2.75, 3.05) is 10.6 Å². The van der Waals surface area contributed by atoms with Gasteiger partial charge in [0.25, 0.3) is 11.8 Å². The van der Waals surface area contributed by atoms with E-state index in [1.54, 1.807) is 0 Å². The minimum Gasteiger partial charge on any atom is -0.457 e.